The number of rotatable bonds is 8. The predicted molar refractivity (Wildman–Crippen MR) is 93.0 cm³/mol. The average molecular weight is 328 g/mol. The van der Waals surface area contributed by atoms with Gasteiger partial charge >= 0.3 is 11.9 Å². The van der Waals surface area contributed by atoms with E-state index in [1.807, 2.05) is 41.5 Å². The Morgan fingerprint density at radius 3 is 1.70 bits per heavy atom. The van der Waals surface area contributed by atoms with Gasteiger partial charge in [-0.1, -0.05) is 68.2 Å². The highest BCUT2D eigenvalue weighted by Gasteiger charge is 2.33. The summed E-state index contributed by atoms with van der Waals surface area (Å²) in [6.07, 6.45) is 2.53. The van der Waals surface area contributed by atoms with Crippen molar-refractivity contribution in [3.63, 3.8) is 0 Å². The lowest BCUT2D eigenvalue weighted by molar-refractivity contribution is -0.163. The number of esters is 2. The molecule has 0 saturated carbocycles. The maximum atomic E-state index is 12.4. The van der Waals surface area contributed by atoms with Gasteiger partial charge in [0.1, 0.15) is 0 Å². The Labute approximate surface area is 142 Å². The second-order valence-corrected chi connectivity index (χ2v) is 8.87. The van der Waals surface area contributed by atoms with E-state index in [9.17, 15) is 9.59 Å². The molecule has 2 unspecified atom stereocenters. The van der Waals surface area contributed by atoms with E-state index in [1.54, 1.807) is 6.92 Å². The maximum absolute atomic E-state index is 12.4. The highest BCUT2D eigenvalue weighted by Crippen LogP contribution is 2.24. The Hall–Kier alpha value is -1.06. The van der Waals surface area contributed by atoms with Crippen molar-refractivity contribution < 1.29 is 19.1 Å². The molecular formula is C19H36O4. The second-order valence-electron chi connectivity index (χ2n) is 8.87. The molecule has 4 nitrogen and oxygen atoms in total. The van der Waals surface area contributed by atoms with Crippen LogP contribution in [0.25, 0.3) is 0 Å². The van der Waals surface area contributed by atoms with Crippen LogP contribution in [0.2, 0.25) is 0 Å². The molecule has 2 atom stereocenters. The smallest absolute Gasteiger partial charge is 0.309 e. The minimum atomic E-state index is -0.476. The summed E-state index contributed by atoms with van der Waals surface area (Å²) >= 11 is 0. The van der Waals surface area contributed by atoms with E-state index in [0.717, 1.165) is 12.8 Å². The van der Waals surface area contributed by atoms with E-state index in [0.29, 0.717) is 19.6 Å². The van der Waals surface area contributed by atoms with Gasteiger partial charge in [-0.2, -0.15) is 0 Å². The molecule has 0 amide bonds. The first-order valence-corrected chi connectivity index (χ1v) is 8.70. The van der Waals surface area contributed by atoms with Crippen LogP contribution in [0.5, 0.6) is 0 Å². The van der Waals surface area contributed by atoms with Crippen molar-refractivity contribution in [2.75, 3.05) is 13.2 Å². The Morgan fingerprint density at radius 2 is 1.30 bits per heavy atom. The lowest BCUT2D eigenvalue weighted by Gasteiger charge is -2.25. The Balaban J connectivity index is 4.79. The first-order chi connectivity index (χ1) is 10.4. The molecule has 0 aromatic carbocycles. The zero-order valence-electron chi connectivity index (χ0n) is 16.3. The molecule has 0 aliphatic carbocycles. The largest absolute Gasteiger partial charge is 0.465 e. The molecule has 0 rings (SSSR count). The van der Waals surface area contributed by atoms with E-state index in [1.165, 1.54) is 0 Å². The molecule has 0 radical (unpaired) electrons. The normalized spacial score (nSPS) is 15.0. The maximum Gasteiger partial charge on any atom is 0.309 e. The van der Waals surface area contributed by atoms with E-state index in [4.69, 9.17) is 9.47 Å². The van der Waals surface area contributed by atoms with Crippen molar-refractivity contribution in [2.24, 2.45) is 22.7 Å². The second kappa shape index (κ2) is 9.29. The highest BCUT2D eigenvalue weighted by atomic mass is 16.5. The fraction of sp³-hybridized carbons (Fsp3) is 0.895. The first-order valence-electron chi connectivity index (χ1n) is 8.70. The molecule has 4 heteroatoms. The van der Waals surface area contributed by atoms with Crippen molar-refractivity contribution in [3.05, 3.63) is 0 Å². The number of unbranched alkanes of at least 4 members (excludes halogenated alkanes) is 1. The molecule has 0 fully saturated rings. The van der Waals surface area contributed by atoms with E-state index >= 15 is 0 Å². The third-order valence-electron chi connectivity index (χ3n) is 3.44. The van der Waals surface area contributed by atoms with Gasteiger partial charge in [0.15, 0.2) is 0 Å². The highest BCUT2D eigenvalue weighted by molar-refractivity contribution is 5.81. The third-order valence-corrected chi connectivity index (χ3v) is 3.44. The molecule has 0 spiro atoms. The molecule has 0 heterocycles. The van der Waals surface area contributed by atoms with Gasteiger partial charge in [0.2, 0.25) is 0 Å². The Bertz CT molecular complexity index is 374. The lowest BCUT2D eigenvalue weighted by atomic mass is 9.89. The van der Waals surface area contributed by atoms with Crippen molar-refractivity contribution in [1.29, 1.82) is 0 Å². The number of carbonyl (C=O) groups is 2. The van der Waals surface area contributed by atoms with Gasteiger partial charge < -0.3 is 9.47 Å². The zero-order valence-corrected chi connectivity index (χ0v) is 16.3. The van der Waals surface area contributed by atoms with Crippen LogP contribution in [0.3, 0.4) is 0 Å². The number of ether oxygens (including phenoxy) is 2. The third kappa shape index (κ3) is 10.4. The first kappa shape index (κ1) is 21.9. The SMILES string of the molecule is CCCCC(C(=O)OCC(C)(C)C)C(C)C(=O)OCC(C)(C)C. The molecular weight excluding hydrogens is 292 g/mol. The number of hydrogen-bond donors (Lipinski definition) is 0. The van der Waals surface area contributed by atoms with Gasteiger partial charge in [-0.3, -0.25) is 9.59 Å². The molecule has 0 aliphatic rings. The van der Waals surface area contributed by atoms with Crippen molar-refractivity contribution >= 4 is 11.9 Å². The molecule has 0 aliphatic heterocycles. The summed E-state index contributed by atoms with van der Waals surface area (Å²) in [5.74, 6) is -1.50. The quantitative estimate of drug-likeness (QED) is 0.611. The summed E-state index contributed by atoms with van der Waals surface area (Å²) in [7, 11) is 0. The van der Waals surface area contributed by atoms with Crippen LogP contribution in [-0.4, -0.2) is 25.2 Å². The molecule has 23 heavy (non-hydrogen) atoms. The lowest BCUT2D eigenvalue weighted by Crippen LogP contribution is -2.33. The summed E-state index contributed by atoms with van der Waals surface area (Å²) in [5.41, 5.74) is -0.165. The van der Waals surface area contributed by atoms with Gasteiger partial charge in [0.05, 0.1) is 25.0 Å². The topological polar surface area (TPSA) is 52.6 Å². The van der Waals surface area contributed by atoms with E-state index < -0.39 is 11.8 Å². The summed E-state index contributed by atoms with van der Waals surface area (Å²) in [5, 5.41) is 0. The minimum absolute atomic E-state index is 0.0823. The molecule has 0 saturated heterocycles. The average Bonchev–Trinajstić information content (AvgIpc) is 2.41. The van der Waals surface area contributed by atoms with Gasteiger partial charge in [-0.15, -0.1) is 0 Å². The predicted octanol–water partition coefficient (Wildman–Crippen LogP) is 4.61. The van der Waals surface area contributed by atoms with E-state index in [-0.39, 0.29) is 22.8 Å². The summed E-state index contributed by atoms with van der Waals surface area (Å²) in [6.45, 7) is 16.6. The number of hydrogen-bond acceptors (Lipinski definition) is 4. The Kier molecular flexibility index (Phi) is 8.86. The van der Waals surface area contributed by atoms with Crippen LogP contribution in [0.4, 0.5) is 0 Å². The van der Waals surface area contributed by atoms with Crippen molar-refractivity contribution in [2.45, 2.75) is 74.7 Å². The monoisotopic (exact) mass is 328 g/mol. The Morgan fingerprint density at radius 1 is 0.870 bits per heavy atom. The van der Waals surface area contributed by atoms with Gasteiger partial charge in [-0.05, 0) is 17.3 Å². The summed E-state index contributed by atoms with van der Waals surface area (Å²) in [6, 6.07) is 0. The van der Waals surface area contributed by atoms with Crippen LogP contribution in [0.15, 0.2) is 0 Å². The summed E-state index contributed by atoms with van der Waals surface area (Å²) in [4.78, 5) is 24.7. The van der Waals surface area contributed by atoms with E-state index in [2.05, 4.69) is 6.92 Å². The molecule has 0 N–H and O–H groups in total. The van der Waals surface area contributed by atoms with Crippen LogP contribution in [-0.2, 0) is 19.1 Å². The molecule has 0 aromatic rings. The van der Waals surface area contributed by atoms with Crippen LogP contribution < -0.4 is 0 Å². The molecule has 136 valence electrons. The van der Waals surface area contributed by atoms with Gasteiger partial charge in [0, 0.05) is 0 Å². The standard InChI is InChI=1S/C19H36O4/c1-9-10-11-15(17(21)23-13-19(6,7)8)14(2)16(20)22-12-18(3,4)5/h14-15H,9-13H2,1-8H3. The van der Waals surface area contributed by atoms with Gasteiger partial charge in [-0.25, -0.2) is 0 Å². The van der Waals surface area contributed by atoms with Crippen LogP contribution in [0.1, 0.15) is 74.7 Å². The van der Waals surface area contributed by atoms with Crippen LogP contribution in [0, 0.1) is 22.7 Å². The summed E-state index contributed by atoms with van der Waals surface area (Å²) < 4.78 is 10.8. The molecule has 0 aromatic heterocycles. The minimum Gasteiger partial charge on any atom is -0.465 e. The fourth-order valence-electron chi connectivity index (χ4n) is 1.97. The zero-order chi connectivity index (χ0) is 18.3. The number of carbonyl (C=O) groups excluding carboxylic acids is 2. The molecule has 0 bridgehead atoms. The van der Waals surface area contributed by atoms with Gasteiger partial charge in [0.25, 0.3) is 0 Å². The van der Waals surface area contributed by atoms with Crippen molar-refractivity contribution in [3.8, 4) is 0 Å². The van der Waals surface area contributed by atoms with Crippen LogP contribution >= 0.6 is 0 Å². The fourth-order valence-corrected chi connectivity index (χ4v) is 1.97. The van der Waals surface area contributed by atoms with Crippen molar-refractivity contribution in [1.82, 2.24) is 0 Å².